The van der Waals surface area contributed by atoms with Gasteiger partial charge in [0.15, 0.2) is 11.5 Å². The Kier molecular flexibility index (Phi) is 4.41. The van der Waals surface area contributed by atoms with E-state index in [1.807, 2.05) is 4.90 Å². The van der Waals surface area contributed by atoms with E-state index in [0.29, 0.717) is 36.1 Å². The standard InChI is InChI=1S/C17H22N2O4/c1-3-4-13-8-19(9-14(13)18-11(2)20)17(21)12-5-6-15-16(7-12)23-10-22-15/h5-7,13-14H,3-4,8-10H2,1-2H3,(H,18,20)/t13-,14-/m1/s1. The highest BCUT2D eigenvalue weighted by Crippen LogP contribution is 2.33. The van der Waals surface area contributed by atoms with Gasteiger partial charge < -0.3 is 19.7 Å². The van der Waals surface area contributed by atoms with E-state index in [9.17, 15) is 9.59 Å². The molecule has 0 radical (unpaired) electrons. The minimum atomic E-state index is -0.0477. The average molecular weight is 318 g/mol. The SMILES string of the molecule is CCC[C@@H]1CN(C(=O)c2ccc3c(c2)OCO3)C[C@H]1NC(C)=O. The van der Waals surface area contributed by atoms with Crippen LogP contribution < -0.4 is 14.8 Å². The molecule has 0 aliphatic carbocycles. The summed E-state index contributed by atoms with van der Waals surface area (Å²) < 4.78 is 10.6. The molecular weight excluding hydrogens is 296 g/mol. The van der Waals surface area contributed by atoms with Gasteiger partial charge in [-0.3, -0.25) is 9.59 Å². The largest absolute Gasteiger partial charge is 0.454 e. The quantitative estimate of drug-likeness (QED) is 0.919. The maximum atomic E-state index is 12.7. The Bertz CT molecular complexity index is 617. The van der Waals surface area contributed by atoms with E-state index in [4.69, 9.17) is 9.47 Å². The molecule has 6 nitrogen and oxygen atoms in total. The van der Waals surface area contributed by atoms with E-state index in [0.717, 1.165) is 12.8 Å². The van der Waals surface area contributed by atoms with E-state index < -0.39 is 0 Å². The van der Waals surface area contributed by atoms with Crippen LogP contribution >= 0.6 is 0 Å². The molecule has 0 bridgehead atoms. The Morgan fingerprint density at radius 1 is 1.26 bits per heavy atom. The van der Waals surface area contributed by atoms with Gasteiger partial charge in [-0.05, 0) is 30.5 Å². The summed E-state index contributed by atoms with van der Waals surface area (Å²) >= 11 is 0. The Balaban J connectivity index is 1.73. The van der Waals surface area contributed by atoms with Crippen molar-refractivity contribution in [1.82, 2.24) is 10.2 Å². The molecule has 1 saturated heterocycles. The number of rotatable bonds is 4. The topological polar surface area (TPSA) is 67.9 Å². The monoisotopic (exact) mass is 318 g/mol. The van der Waals surface area contributed by atoms with Gasteiger partial charge in [-0.1, -0.05) is 13.3 Å². The molecule has 1 N–H and O–H groups in total. The van der Waals surface area contributed by atoms with Crippen molar-refractivity contribution < 1.29 is 19.1 Å². The Morgan fingerprint density at radius 2 is 2.04 bits per heavy atom. The number of benzene rings is 1. The molecule has 2 aliphatic rings. The molecule has 0 aromatic heterocycles. The highest BCUT2D eigenvalue weighted by Gasteiger charge is 2.35. The molecule has 23 heavy (non-hydrogen) atoms. The Morgan fingerprint density at radius 3 is 2.78 bits per heavy atom. The molecule has 124 valence electrons. The number of nitrogens with zero attached hydrogens (tertiary/aromatic N) is 1. The van der Waals surface area contributed by atoms with Crippen LogP contribution in [0.15, 0.2) is 18.2 Å². The van der Waals surface area contributed by atoms with Gasteiger partial charge in [-0.15, -0.1) is 0 Å². The highest BCUT2D eigenvalue weighted by atomic mass is 16.7. The van der Waals surface area contributed by atoms with Crippen LogP contribution in [0.3, 0.4) is 0 Å². The van der Waals surface area contributed by atoms with Crippen LogP contribution in [0.25, 0.3) is 0 Å². The van der Waals surface area contributed by atoms with Gasteiger partial charge in [0.2, 0.25) is 12.7 Å². The summed E-state index contributed by atoms with van der Waals surface area (Å²) in [6.07, 6.45) is 2.03. The smallest absolute Gasteiger partial charge is 0.254 e. The summed E-state index contributed by atoms with van der Waals surface area (Å²) in [5, 5.41) is 2.98. The molecule has 6 heteroatoms. The van der Waals surface area contributed by atoms with Crippen molar-refractivity contribution in [2.24, 2.45) is 5.92 Å². The van der Waals surface area contributed by atoms with Crippen molar-refractivity contribution in [3.8, 4) is 11.5 Å². The zero-order chi connectivity index (χ0) is 16.4. The lowest BCUT2D eigenvalue weighted by Crippen LogP contribution is -2.39. The Hall–Kier alpha value is -2.24. The first kappa shape index (κ1) is 15.6. The third-order valence-electron chi connectivity index (χ3n) is 4.40. The molecule has 1 aromatic rings. The van der Waals surface area contributed by atoms with Gasteiger partial charge in [0.1, 0.15) is 0 Å². The second kappa shape index (κ2) is 6.48. The molecular formula is C17H22N2O4. The third kappa shape index (κ3) is 3.25. The van der Waals surface area contributed by atoms with Gasteiger partial charge in [-0.2, -0.15) is 0 Å². The Labute approximate surface area is 135 Å². The number of carbonyl (C=O) groups is 2. The second-order valence-electron chi connectivity index (χ2n) is 6.13. The van der Waals surface area contributed by atoms with E-state index >= 15 is 0 Å². The first-order valence-corrected chi connectivity index (χ1v) is 8.04. The number of hydrogen-bond acceptors (Lipinski definition) is 4. The average Bonchev–Trinajstić information content (AvgIpc) is 3.13. The fraction of sp³-hybridized carbons (Fsp3) is 0.529. The number of likely N-dealkylation sites (tertiary alicyclic amines) is 1. The van der Waals surface area contributed by atoms with Crippen LogP contribution in [0.5, 0.6) is 11.5 Å². The van der Waals surface area contributed by atoms with Gasteiger partial charge in [0.25, 0.3) is 5.91 Å². The number of nitrogens with one attached hydrogen (secondary N) is 1. The van der Waals surface area contributed by atoms with Gasteiger partial charge in [0, 0.05) is 25.6 Å². The van der Waals surface area contributed by atoms with Crippen molar-refractivity contribution in [2.75, 3.05) is 19.9 Å². The van der Waals surface area contributed by atoms with Crippen molar-refractivity contribution >= 4 is 11.8 Å². The molecule has 2 aliphatic heterocycles. The highest BCUT2D eigenvalue weighted by molar-refractivity contribution is 5.95. The molecule has 2 atom stereocenters. The van der Waals surface area contributed by atoms with Crippen molar-refractivity contribution in [3.05, 3.63) is 23.8 Å². The van der Waals surface area contributed by atoms with E-state index in [-0.39, 0.29) is 24.6 Å². The molecule has 1 fully saturated rings. The second-order valence-corrected chi connectivity index (χ2v) is 6.13. The van der Waals surface area contributed by atoms with Crippen LogP contribution in [-0.2, 0) is 4.79 Å². The fourth-order valence-electron chi connectivity index (χ4n) is 3.34. The molecule has 0 unspecified atom stereocenters. The molecule has 0 saturated carbocycles. The minimum absolute atomic E-state index is 0.0303. The molecule has 2 amide bonds. The van der Waals surface area contributed by atoms with Gasteiger partial charge in [0.05, 0.1) is 6.04 Å². The summed E-state index contributed by atoms with van der Waals surface area (Å²) in [6.45, 7) is 5.06. The summed E-state index contributed by atoms with van der Waals surface area (Å²) in [4.78, 5) is 25.9. The van der Waals surface area contributed by atoms with E-state index in [1.54, 1.807) is 18.2 Å². The number of ether oxygens (including phenoxy) is 2. The van der Waals surface area contributed by atoms with Gasteiger partial charge in [-0.25, -0.2) is 0 Å². The first-order chi connectivity index (χ1) is 11.1. The normalized spacial score (nSPS) is 22.3. The molecule has 3 rings (SSSR count). The minimum Gasteiger partial charge on any atom is -0.454 e. The summed E-state index contributed by atoms with van der Waals surface area (Å²) in [5.74, 6) is 1.51. The lowest BCUT2D eigenvalue weighted by Gasteiger charge is -2.17. The number of hydrogen-bond donors (Lipinski definition) is 1. The zero-order valence-electron chi connectivity index (χ0n) is 13.5. The number of fused-ring (bicyclic) bond motifs is 1. The molecule has 1 aromatic carbocycles. The van der Waals surface area contributed by atoms with Crippen LogP contribution in [0.1, 0.15) is 37.0 Å². The fourth-order valence-corrected chi connectivity index (χ4v) is 3.34. The van der Waals surface area contributed by atoms with Crippen LogP contribution in [0.4, 0.5) is 0 Å². The van der Waals surface area contributed by atoms with Crippen LogP contribution in [-0.4, -0.2) is 42.6 Å². The first-order valence-electron chi connectivity index (χ1n) is 8.04. The lowest BCUT2D eigenvalue weighted by molar-refractivity contribution is -0.119. The van der Waals surface area contributed by atoms with E-state index in [1.165, 1.54) is 6.92 Å². The summed E-state index contributed by atoms with van der Waals surface area (Å²) in [5.41, 5.74) is 0.591. The third-order valence-corrected chi connectivity index (χ3v) is 4.40. The van der Waals surface area contributed by atoms with Crippen LogP contribution in [0, 0.1) is 5.92 Å². The number of carbonyl (C=O) groups excluding carboxylic acids is 2. The lowest BCUT2D eigenvalue weighted by atomic mass is 9.98. The van der Waals surface area contributed by atoms with E-state index in [2.05, 4.69) is 12.2 Å². The maximum absolute atomic E-state index is 12.7. The predicted octanol–water partition coefficient (Wildman–Crippen LogP) is 1.79. The van der Waals surface area contributed by atoms with Gasteiger partial charge >= 0.3 is 0 Å². The maximum Gasteiger partial charge on any atom is 0.254 e. The van der Waals surface area contributed by atoms with Crippen molar-refractivity contribution in [2.45, 2.75) is 32.7 Å². The van der Waals surface area contributed by atoms with Crippen molar-refractivity contribution in [1.29, 1.82) is 0 Å². The molecule has 0 spiro atoms. The summed E-state index contributed by atoms with van der Waals surface area (Å²) in [6, 6.07) is 5.28. The zero-order valence-corrected chi connectivity index (χ0v) is 13.5. The summed E-state index contributed by atoms with van der Waals surface area (Å²) in [7, 11) is 0. The number of amides is 2. The predicted molar refractivity (Wildman–Crippen MR) is 84.5 cm³/mol. The van der Waals surface area contributed by atoms with Crippen LogP contribution in [0.2, 0.25) is 0 Å². The molecule has 2 heterocycles. The van der Waals surface area contributed by atoms with Crippen molar-refractivity contribution in [3.63, 3.8) is 0 Å².